The van der Waals surface area contributed by atoms with Gasteiger partial charge in [0.25, 0.3) is 18.4 Å². The van der Waals surface area contributed by atoms with E-state index in [0.29, 0.717) is 25.4 Å². The summed E-state index contributed by atoms with van der Waals surface area (Å²) in [6.45, 7) is 8.03. The SMILES string of the molecule is COc1ccc2c(c1)N(CC(=O)NCCN(CCNC(=O)/C=C/c1cn(C3CC(OP(=O)([O-])OC(C)C)C(COC(C)C)O3)c(=O)[nH]c1=O)CCNC(=O)CN1/C(=C/c3sc4ccccc4[n+]3C)Sc3ccc(CO)cc31)/C(=C/C1Sc3ccccc3[NH+]1C)S2. The highest BCUT2D eigenvalue weighted by Gasteiger charge is 2.41. The number of phosphoric ester groups is 1. The van der Waals surface area contributed by atoms with Gasteiger partial charge in [0, 0.05) is 92.0 Å². The molecule has 0 spiro atoms. The van der Waals surface area contributed by atoms with Gasteiger partial charge in [0.1, 0.15) is 48.6 Å². The molecular weight excluding hydrogens is 1250 g/mol. The summed E-state index contributed by atoms with van der Waals surface area (Å²) in [5.74, 6) is -0.347. The number of methoxy groups -OCH3 is 1. The lowest BCUT2D eigenvalue weighted by Crippen LogP contribution is -3.05. The minimum absolute atomic E-state index is 0.00673. The van der Waals surface area contributed by atoms with Gasteiger partial charge in [0.2, 0.25) is 23.2 Å². The third kappa shape index (κ3) is 16.4. The van der Waals surface area contributed by atoms with E-state index in [1.807, 2.05) is 82.4 Å². The number of H-pyrrole nitrogens is 1. The molecule has 90 heavy (non-hydrogen) atoms. The summed E-state index contributed by atoms with van der Waals surface area (Å²) in [6, 6.07) is 28.1. The van der Waals surface area contributed by atoms with E-state index in [1.165, 1.54) is 27.8 Å². The fraction of sp³-hybridized carbons (Fsp3) is 0.387. The van der Waals surface area contributed by atoms with Gasteiger partial charge in [-0.3, -0.25) is 43.1 Å². The van der Waals surface area contributed by atoms with Crippen molar-refractivity contribution < 1.29 is 61.7 Å². The normalized spacial score (nSPS) is 20.2. The predicted molar refractivity (Wildman–Crippen MR) is 348 cm³/mol. The molecule has 6 aromatic rings. The predicted octanol–water partition coefficient (Wildman–Crippen LogP) is 5.07. The van der Waals surface area contributed by atoms with Gasteiger partial charge >= 0.3 is 5.69 Å². The molecule has 0 bridgehead atoms. The van der Waals surface area contributed by atoms with E-state index in [1.54, 1.807) is 81.4 Å². The Morgan fingerprint density at radius 1 is 0.889 bits per heavy atom. The Balaban J connectivity index is 0.811. The van der Waals surface area contributed by atoms with Crippen LogP contribution in [0, 0.1) is 0 Å². The fourth-order valence-electron chi connectivity index (χ4n) is 10.6. The zero-order chi connectivity index (χ0) is 63.8. The second-order valence-corrected chi connectivity index (χ2v) is 27.9. The molecule has 6 N–H and O–H groups in total. The number of nitrogens with zero attached hydrogens (tertiary/aromatic N) is 5. The number of fused-ring (bicyclic) bond motifs is 4. The van der Waals surface area contributed by atoms with Gasteiger partial charge in [-0.1, -0.05) is 77.0 Å². The molecule has 2 aromatic heterocycles. The topological polar surface area (TPSA) is 267 Å². The molecule has 6 atom stereocenters. The van der Waals surface area contributed by atoms with Crippen LogP contribution in [0.3, 0.4) is 0 Å². The van der Waals surface area contributed by atoms with Gasteiger partial charge in [-0.15, -0.1) is 0 Å². The number of aromatic amines is 1. The number of ether oxygens (including phenoxy) is 3. The summed E-state index contributed by atoms with van der Waals surface area (Å²) in [5, 5.41) is 22.0. The second kappa shape index (κ2) is 29.8. The van der Waals surface area contributed by atoms with Crippen LogP contribution in [0.5, 0.6) is 5.75 Å². The second-order valence-electron chi connectivity index (χ2n) is 22.3. The van der Waals surface area contributed by atoms with Crippen molar-refractivity contribution in [3.8, 4) is 5.75 Å². The number of quaternary nitrogens is 1. The van der Waals surface area contributed by atoms with E-state index in [2.05, 4.69) is 69.0 Å². The molecule has 1 fully saturated rings. The van der Waals surface area contributed by atoms with Crippen molar-refractivity contribution >= 4 is 112 Å². The smallest absolute Gasteiger partial charge is 0.330 e. The minimum atomic E-state index is -4.79. The number of anilines is 2. The largest absolute Gasteiger partial charge is 0.756 e. The molecule has 23 nitrogen and oxygen atoms in total. The Bertz CT molecular complexity index is 3890. The number of benzene rings is 4. The quantitative estimate of drug-likeness (QED) is 0.0223. The molecule has 10 rings (SSSR count). The molecule has 1 saturated heterocycles. The van der Waals surface area contributed by atoms with Crippen LogP contribution in [0.2, 0.25) is 0 Å². The highest BCUT2D eigenvalue weighted by Crippen LogP contribution is 2.50. The van der Waals surface area contributed by atoms with Gasteiger partial charge in [-0.2, -0.15) is 4.57 Å². The summed E-state index contributed by atoms with van der Waals surface area (Å²) < 4.78 is 44.9. The Morgan fingerprint density at radius 2 is 1.56 bits per heavy atom. The average molecular weight is 1330 g/mol. The number of aryl methyl sites for hydroxylation is 1. The molecule has 4 aromatic carbocycles. The lowest BCUT2D eigenvalue weighted by molar-refractivity contribution is -0.812. The molecule has 28 heteroatoms. The Morgan fingerprint density at radius 3 is 2.24 bits per heavy atom. The van der Waals surface area contributed by atoms with E-state index in [4.69, 9.17) is 23.3 Å². The van der Waals surface area contributed by atoms with Crippen molar-refractivity contribution in [2.75, 3.05) is 82.9 Å². The number of hydrogen-bond acceptors (Lipinski definition) is 20. The first kappa shape index (κ1) is 66.4. The average Bonchev–Trinajstić information content (AvgIpc) is 2.33. The number of thiazole rings is 1. The molecular formula is C62H74N10O13PS4+. The maximum Gasteiger partial charge on any atom is 0.330 e. The van der Waals surface area contributed by atoms with Crippen molar-refractivity contribution in [1.29, 1.82) is 0 Å². The van der Waals surface area contributed by atoms with E-state index >= 15 is 0 Å². The van der Waals surface area contributed by atoms with E-state index in [-0.39, 0.29) is 81.2 Å². The molecule has 6 heterocycles. The van der Waals surface area contributed by atoms with Gasteiger partial charge in [-0.25, -0.2) is 4.79 Å². The third-order valence-electron chi connectivity index (χ3n) is 15.1. The summed E-state index contributed by atoms with van der Waals surface area (Å²) in [4.78, 5) is 93.3. The monoisotopic (exact) mass is 1330 g/mol. The number of thioether (sulfide) groups is 3. The summed E-state index contributed by atoms with van der Waals surface area (Å²) in [7, 11) is 0.982. The van der Waals surface area contributed by atoms with Crippen molar-refractivity contribution in [1.82, 2.24) is 30.4 Å². The van der Waals surface area contributed by atoms with Gasteiger partial charge in [-0.05, 0) is 75.7 Å². The summed E-state index contributed by atoms with van der Waals surface area (Å²) >= 11 is 6.60. The molecule has 478 valence electrons. The maximum atomic E-state index is 14.1. The number of aliphatic hydroxyl groups is 1. The van der Waals surface area contributed by atoms with Crippen LogP contribution in [-0.4, -0.2) is 140 Å². The molecule has 0 aliphatic carbocycles. The van der Waals surface area contributed by atoms with Gasteiger partial charge < -0.3 is 59.0 Å². The maximum absolute atomic E-state index is 14.1. The van der Waals surface area contributed by atoms with E-state index < -0.39 is 49.5 Å². The molecule has 0 radical (unpaired) electrons. The van der Waals surface area contributed by atoms with Crippen LogP contribution in [0.15, 0.2) is 138 Å². The van der Waals surface area contributed by atoms with Crippen LogP contribution in [0.1, 0.15) is 56.5 Å². The third-order valence-corrected chi connectivity index (χ3v) is 21.1. The van der Waals surface area contributed by atoms with Crippen LogP contribution >= 0.6 is 54.4 Å². The van der Waals surface area contributed by atoms with E-state index in [0.717, 1.165) is 62.7 Å². The number of likely N-dealkylation sites (N-methyl/N-ethyl adjacent to an activating group) is 1. The molecule has 4 aliphatic rings. The standard InChI is InChI=1S/C62H73N10O13PS4/c1-38(2)82-37-48-47(85-86(79,80)84-39(3)4)30-56(83-48)72-33-41(61(77)66-62(72)78)17-21-53(74)63-22-25-69(26-23-64-54(75)34-70-45-28-40(36-73)16-19-51(45)89-59(70)31-57-67(5)43-12-8-10-14-49(43)87-57)27-24-65-55(76)35-71-46-29-42(81-7)18-20-52(46)90-60(71)32-58-68(6)44-13-9-11-15-50(44)88-58/h8-21,28-29,31-33,38-39,47-48,56,58,73H,22-27,30,34-37H2,1-7H3,(H4-,63,64,65,66,74,75,76,77,78,79,80)/p+1/b21-17+,60-32-. The molecule has 4 aliphatic heterocycles. The lowest BCUT2D eigenvalue weighted by Gasteiger charge is -2.29. The van der Waals surface area contributed by atoms with Crippen LogP contribution in [-0.2, 0) is 51.1 Å². The molecule has 3 amide bonds. The van der Waals surface area contributed by atoms with E-state index in [9.17, 15) is 38.5 Å². The number of amides is 3. The van der Waals surface area contributed by atoms with Crippen LogP contribution in [0.25, 0.3) is 22.4 Å². The number of aliphatic hydroxyl groups excluding tert-OH is 1. The highest BCUT2D eigenvalue weighted by molar-refractivity contribution is 8.04. The molecule has 6 unspecified atom stereocenters. The number of nitrogens with one attached hydrogen (secondary N) is 5. The zero-order valence-electron chi connectivity index (χ0n) is 50.9. The summed E-state index contributed by atoms with van der Waals surface area (Å²) in [5.41, 5.74) is 3.04. The fourth-order valence-corrected chi connectivity index (χ4v) is 16.5. The van der Waals surface area contributed by atoms with Crippen molar-refractivity contribution in [2.45, 2.75) is 91.4 Å². The molecule has 0 saturated carbocycles. The van der Waals surface area contributed by atoms with Crippen molar-refractivity contribution in [2.24, 2.45) is 7.05 Å². The van der Waals surface area contributed by atoms with Crippen molar-refractivity contribution in [3.05, 3.63) is 150 Å². The van der Waals surface area contributed by atoms with Gasteiger partial charge in [0.05, 0.1) is 83.7 Å². The number of aromatic nitrogens is 3. The first-order valence-electron chi connectivity index (χ1n) is 29.5. The lowest BCUT2D eigenvalue weighted by atomic mass is 10.2. The first-order valence-corrected chi connectivity index (χ1v) is 34.3. The first-order chi connectivity index (χ1) is 43.2. The zero-order valence-corrected chi connectivity index (χ0v) is 55.0. The number of carbonyl (C=O) groups is 3. The highest BCUT2D eigenvalue weighted by atomic mass is 32.2. The number of phosphoric acid groups is 1. The Labute approximate surface area is 538 Å². The Hall–Kier alpha value is -6.56. The van der Waals surface area contributed by atoms with Crippen LogP contribution in [0.4, 0.5) is 17.1 Å². The van der Waals surface area contributed by atoms with Crippen LogP contribution < -0.4 is 56.1 Å². The summed E-state index contributed by atoms with van der Waals surface area (Å²) in [6.07, 6.45) is 3.81. The minimum Gasteiger partial charge on any atom is -0.756 e. The number of hydrogen-bond donors (Lipinski definition) is 6. The number of rotatable bonds is 27. The number of para-hydroxylation sites is 2. The Kier molecular flexibility index (Phi) is 22.0. The van der Waals surface area contributed by atoms with Gasteiger partial charge in [0.15, 0.2) is 5.37 Å². The van der Waals surface area contributed by atoms with Crippen molar-refractivity contribution in [3.63, 3.8) is 0 Å². The number of carbonyl (C=O) groups excluding carboxylic acids is 3.